The maximum Gasteiger partial charge on any atom is 0.228 e. The maximum atomic E-state index is 12.5. The van der Waals surface area contributed by atoms with Gasteiger partial charge in [-0.2, -0.15) is 10.4 Å². The lowest BCUT2D eigenvalue weighted by atomic mass is 10.0. The normalized spacial score (nSPS) is 16.6. The molecule has 0 fully saturated rings. The van der Waals surface area contributed by atoms with Gasteiger partial charge in [0.05, 0.1) is 29.1 Å². The van der Waals surface area contributed by atoms with Gasteiger partial charge >= 0.3 is 0 Å². The number of hydrogen-bond acceptors (Lipinski definition) is 4. The smallest absolute Gasteiger partial charge is 0.228 e. The first-order valence-corrected chi connectivity index (χ1v) is 11.4. The first-order chi connectivity index (χ1) is 16.6. The Bertz CT molecular complexity index is 1260. The number of nitrogens with zero attached hydrogens (tertiary/aromatic N) is 3. The summed E-state index contributed by atoms with van der Waals surface area (Å²) in [4.78, 5) is 23.5. The minimum atomic E-state index is -0.129. The summed E-state index contributed by atoms with van der Waals surface area (Å²) in [5, 5.41) is 20.3. The molecule has 1 aromatic heterocycles. The Morgan fingerprint density at radius 1 is 1.21 bits per heavy atom. The number of carbonyl (C=O) groups excluding carboxylic acids is 2. The molecule has 2 heterocycles. The highest BCUT2D eigenvalue weighted by Gasteiger charge is 2.20. The summed E-state index contributed by atoms with van der Waals surface area (Å²) in [6.07, 6.45) is 6.88. The van der Waals surface area contributed by atoms with Crippen LogP contribution >= 0.6 is 11.6 Å². The van der Waals surface area contributed by atoms with Gasteiger partial charge in [0.2, 0.25) is 12.3 Å². The van der Waals surface area contributed by atoms with Crippen molar-refractivity contribution in [3.63, 3.8) is 0 Å². The van der Waals surface area contributed by atoms with Crippen LogP contribution in [-0.2, 0) is 16.0 Å². The van der Waals surface area contributed by atoms with Gasteiger partial charge in [-0.1, -0.05) is 35.9 Å². The fraction of sp³-hybridized carbons (Fsp3) is 0.231. The van der Waals surface area contributed by atoms with Gasteiger partial charge in [0, 0.05) is 35.7 Å². The molecule has 0 saturated carbocycles. The van der Waals surface area contributed by atoms with E-state index in [1.54, 1.807) is 24.3 Å². The number of halogens is 1. The van der Waals surface area contributed by atoms with E-state index in [0.29, 0.717) is 41.3 Å². The second-order valence-electron chi connectivity index (χ2n) is 8.12. The molecular weight excluding hydrogens is 450 g/mol. The summed E-state index contributed by atoms with van der Waals surface area (Å²) in [6, 6.07) is 16.9. The third-order valence-electron chi connectivity index (χ3n) is 5.73. The van der Waals surface area contributed by atoms with Gasteiger partial charge in [0.1, 0.15) is 0 Å². The van der Waals surface area contributed by atoms with Crippen LogP contribution in [0.15, 0.2) is 60.7 Å². The molecule has 7 nitrogen and oxygen atoms in total. The van der Waals surface area contributed by atoms with Crippen LogP contribution in [0, 0.1) is 11.3 Å². The highest BCUT2D eigenvalue weighted by molar-refractivity contribution is 6.31. The van der Waals surface area contributed by atoms with Crippen molar-refractivity contribution in [2.45, 2.75) is 31.7 Å². The molecule has 1 atom stereocenters. The van der Waals surface area contributed by atoms with Crippen LogP contribution < -0.4 is 10.6 Å². The summed E-state index contributed by atoms with van der Waals surface area (Å²) in [7, 11) is 0. The molecule has 1 aliphatic heterocycles. The zero-order valence-electron chi connectivity index (χ0n) is 18.5. The van der Waals surface area contributed by atoms with E-state index in [0.717, 1.165) is 29.7 Å². The molecule has 1 aliphatic rings. The Morgan fingerprint density at radius 2 is 2.03 bits per heavy atom. The van der Waals surface area contributed by atoms with E-state index in [1.807, 2.05) is 41.1 Å². The van der Waals surface area contributed by atoms with Crippen LogP contribution in [0.3, 0.4) is 0 Å². The minimum Gasteiger partial charge on any atom is -0.357 e. The summed E-state index contributed by atoms with van der Waals surface area (Å²) in [5.74, 6) is -0.129. The number of aromatic nitrogens is 2. The summed E-state index contributed by atoms with van der Waals surface area (Å²) < 4.78 is 1.97. The fourth-order valence-electron chi connectivity index (χ4n) is 4.06. The number of benzene rings is 2. The van der Waals surface area contributed by atoms with Gasteiger partial charge in [-0.05, 0) is 54.8 Å². The molecule has 3 aromatic rings. The number of carbonyl (C=O) groups is 2. The highest BCUT2D eigenvalue weighted by atomic mass is 35.5. The molecule has 0 spiro atoms. The highest BCUT2D eigenvalue weighted by Crippen LogP contribution is 2.32. The van der Waals surface area contributed by atoms with Gasteiger partial charge in [0.25, 0.3) is 0 Å². The minimum absolute atomic E-state index is 0.0721. The zero-order chi connectivity index (χ0) is 23.9. The Morgan fingerprint density at radius 3 is 2.79 bits per heavy atom. The summed E-state index contributed by atoms with van der Waals surface area (Å²) >= 11 is 6.22. The second-order valence-corrected chi connectivity index (χ2v) is 8.56. The van der Waals surface area contributed by atoms with Crippen molar-refractivity contribution in [1.82, 2.24) is 15.1 Å². The first kappa shape index (κ1) is 23.3. The van der Waals surface area contributed by atoms with Gasteiger partial charge in [0.15, 0.2) is 0 Å². The average Bonchev–Trinajstić information content (AvgIpc) is 3.24. The molecule has 172 valence electrons. The zero-order valence-corrected chi connectivity index (χ0v) is 19.3. The standard InChI is InChI=1S/C26H24ClN5O2/c27-20-10-11-23-24(13-20)30-26(34)5-3-1-2-4-21(16-29-17-33)32-22(14-25(23)31-32)12-18-6-8-19(15-28)9-7-18/h1,3,6-11,13-14,17,21H,2,4-5,12,16H2,(H,29,33)(H,30,34)/b3-1-. The molecule has 2 bridgehead atoms. The van der Waals surface area contributed by atoms with E-state index in [-0.39, 0.29) is 18.4 Å². The van der Waals surface area contributed by atoms with Crippen molar-refractivity contribution in [3.05, 3.63) is 82.5 Å². The number of nitrogens with one attached hydrogen (secondary N) is 2. The molecular formula is C26H24ClN5O2. The largest absolute Gasteiger partial charge is 0.357 e. The number of rotatable bonds is 5. The number of hydrogen-bond donors (Lipinski definition) is 2. The number of fused-ring (bicyclic) bond motifs is 4. The van der Waals surface area contributed by atoms with Crippen LogP contribution in [0.5, 0.6) is 0 Å². The van der Waals surface area contributed by atoms with Crippen molar-refractivity contribution in [2.75, 3.05) is 11.9 Å². The van der Waals surface area contributed by atoms with E-state index in [9.17, 15) is 9.59 Å². The molecule has 4 rings (SSSR count). The van der Waals surface area contributed by atoms with Crippen LogP contribution in [0.4, 0.5) is 5.69 Å². The van der Waals surface area contributed by atoms with Crippen LogP contribution in [0.25, 0.3) is 11.3 Å². The van der Waals surface area contributed by atoms with Crippen molar-refractivity contribution in [1.29, 1.82) is 5.26 Å². The van der Waals surface area contributed by atoms with E-state index in [4.69, 9.17) is 22.0 Å². The Labute approximate surface area is 203 Å². The number of allylic oxidation sites excluding steroid dienone is 1. The molecule has 2 N–H and O–H groups in total. The first-order valence-electron chi connectivity index (χ1n) is 11.1. The quantitative estimate of drug-likeness (QED) is 0.416. The Kier molecular flexibility index (Phi) is 7.41. The van der Waals surface area contributed by atoms with E-state index >= 15 is 0 Å². The third-order valence-corrected chi connectivity index (χ3v) is 5.97. The molecule has 2 amide bonds. The second kappa shape index (κ2) is 10.8. The van der Waals surface area contributed by atoms with E-state index in [2.05, 4.69) is 16.7 Å². The average molecular weight is 474 g/mol. The van der Waals surface area contributed by atoms with Gasteiger partial charge in [-0.3, -0.25) is 14.3 Å². The topological polar surface area (TPSA) is 99.8 Å². The molecule has 8 heteroatoms. The fourth-order valence-corrected chi connectivity index (χ4v) is 4.23. The predicted octanol–water partition coefficient (Wildman–Crippen LogP) is 4.63. The lowest BCUT2D eigenvalue weighted by Crippen LogP contribution is -2.26. The molecule has 2 aromatic carbocycles. The van der Waals surface area contributed by atoms with Gasteiger partial charge < -0.3 is 10.6 Å². The predicted molar refractivity (Wildman–Crippen MR) is 131 cm³/mol. The van der Waals surface area contributed by atoms with Gasteiger partial charge in [-0.25, -0.2) is 0 Å². The lowest BCUT2D eigenvalue weighted by Gasteiger charge is -2.19. The SMILES string of the molecule is N#Cc1ccc(Cc2cc3nn2C(CNC=O)CC/C=C\CC(=O)Nc2cc(Cl)ccc2-3)cc1. The third kappa shape index (κ3) is 5.53. The molecule has 0 aliphatic carbocycles. The number of nitriles is 1. The lowest BCUT2D eigenvalue weighted by molar-refractivity contribution is -0.115. The monoisotopic (exact) mass is 473 g/mol. The van der Waals surface area contributed by atoms with E-state index < -0.39 is 0 Å². The maximum absolute atomic E-state index is 12.5. The molecule has 34 heavy (non-hydrogen) atoms. The van der Waals surface area contributed by atoms with Crippen LogP contribution in [0.1, 0.15) is 42.1 Å². The number of anilines is 1. The number of amides is 2. The Balaban J connectivity index is 1.81. The Hall–Kier alpha value is -3.89. The van der Waals surface area contributed by atoms with Crippen molar-refractivity contribution >= 4 is 29.6 Å². The van der Waals surface area contributed by atoms with Crippen molar-refractivity contribution in [2.24, 2.45) is 0 Å². The van der Waals surface area contributed by atoms with Crippen LogP contribution in [-0.4, -0.2) is 28.6 Å². The van der Waals surface area contributed by atoms with E-state index in [1.165, 1.54) is 0 Å². The summed E-state index contributed by atoms with van der Waals surface area (Å²) in [5.41, 5.74) is 4.68. The summed E-state index contributed by atoms with van der Waals surface area (Å²) in [6.45, 7) is 0.434. The van der Waals surface area contributed by atoms with Crippen LogP contribution in [0.2, 0.25) is 5.02 Å². The molecule has 0 saturated heterocycles. The van der Waals surface area contributed by atoms with Crippen molar-refractivity contribution in [3.8, 4) is 17.3 Å². The van der Waals surface area contributed by atoms with Crippen molar-refractivity contribution < 1.29 is 9.59 Å². The van der Waals surface area contributed by atoms with Gasteiger partial charge in [-0.15, -0.1) is 0 Å². The molecule has 0 radical (unpaired) electrons. The molecule has 1 unspecified atom stereocenters.